The van der Waals surface area contributed by atoms with Crippen molar-refractivity contribution in [2.75, 3.05) is 6.54 Å². The number of nitrogens with two attached hydrogens (primary N) is 1. The molecule has 0 radical (unpaired) electrons. The second kappa shape index (κ2) is 6.53. The lowest BCUT2D eigenvalue weighted by atomic mass is 10.1. The SMILES string of the molecule is NC(CNS(=O)(=O)c1ccc(Cl)cc1F)c1ccccc1. The zero-order valence-electron chi connectivity index (χ0n) is 11.0. The molecule has 0 amide bonds. The molecule has 21 heavy (non-hydrogen) atoms. The molecule has 7 heteroatoms. The first-order valence-corrected chi connectivity index (χ1v) is 8.01. The number of benzene rings is 2. The normalized spacial score (nSPS) is 13.1. The van der Waals surface area contributed by atoms with Gasteiger partial charge in [0, 0.05) is 17.6 Å². The van der Waals surface area contributed by atoms with E-state index in [1.54, 1.807) is 12.1 Å². The van der Waals surface area contributed by atoms with Crippen LogP contribution in [0.15, 0.2) is 53.4 Å². The van der Waals surface area contributed by atoms with Gasteiger partial charge in [-0.25, -0.2) is 17.5 Å². The minimum absolute atomic E-state index is 0.0333. The van der Waals surface area contributed by atoms with Crippen LogP contribution in [-0.2, 0) is 10.0 Å². The third-order valence-electron chi connectivity index (χ3n) is 2.90. The Balaban J connectivity index is 2.11. The molecule has 0 aliphatic heterocycles. The van der Waals surface area contributed by atoms with Crippen LogP contribution in [0.3, 0.4) is 0 Å². The van der Waals surface area contributed by atoms with E-state index in [0.717, 1.165) is 17.7 Å². The van der Waals surface area contributed by atoms with Gasteiger partial charge in [0.05, 0.1) is 0 Å². The Kier molecular flexibility index (Phi) is 4.95. The standard InChI is InChI=1S/C14H14ClFN2O2S/c15-11-6-7-14(12(16)8-11)21(19,20)18-9-13(17)10-4-2-1-3-5-10/h1-8,13,18H,9,17H2. The average molecular weight is 329 g/mol. The Hall–Kier alpha value is -1.47. The first kappa shape index (κ1) is 15.9. The molecule has 4 nitrogen and oxygen atoms in total. The van der Waals surface area contributed by atoms with Gasteiger partial charge in [-0.15, -0.1) is 0 Å². The van der Waals surface area contributed by atoms with E-state index < -0.39 is 26.8 Å². The van der Waals surface area contributed by atoms with Gasteiger partial charge in [0.25, 0.3) is 0 Å². The molecule has 0 aromatic heterocycles. The summed E-state index contributed by atoms with van der Waals surface area (Å²) < 4.78 is 40.1. The largest absolute Gasteiger partial charge is 0.323 e. The lowest BCUT2D eigenvalue weighted by Gasteiger charge is -2.13. The fourth-order valence-corrected chi connectivity index (χ4v) is 3.06. The summed E-state index contributed by atoms with van der Waals surface area (Å²) in [5, 5.41) is 0.132. The molecule has 0 saturated heterocycles. The van der Waals surface area contributed by atoms with Crippen LogP contribution in [0.5, 0.6) is 0 Å². The zero-order chi connectivity index (χ0) is 15.5. The smallest absolute Gasteiger partial charge is 0.243 e. The fourth-order valence-electron chi connectivity index (χ4n) is 1.79. The Morgan fingerprint density at radius 2 is 1.86 bits per heavy atom. The van der Waals surface area contributed by atoms with Gasteiger partial charge >= 0.3 is 0 Å². The highest BCUT2D eigenvalue weighted by Crippen LogP contribution is 2.19. The summed E-state index contributed by atoms with van der Waals surface area (Å²) in [6.07, 6.45) is 0. The molecule has 1 atom stereocenters. The summed E-state index contributed by atoms with van der Waals surface area (Å²) in [6.45, 7) is -0.0333. The third-order valence-corrected chi connectivity index (χ3v) is 4.60. The molecular weight excluding hydrogens is 315 g/mol. The van der Waals surface area contributed by atoms with Crippen LogP contribution < -0.4 is 10.5 Å². The Bertz CT molecular complexity index is 723. The van der Waals surface area contributed by atoms with Crippen molar-refractivity contribution in [1.82, 2.24) is 4.72 Å². The van der Waals surface area contributed by atoms with Gasteiger partial charge in [-0.3, -0.25) is 0 Å². The molecule has 1 unspecified atom stereocenters. The van der Waals surface area contributed by atoms with Gasteiger partial charge in [-0.1, -0.05) is 41.9 Å². The van der Waals surface area contributed by atoms with Crippen LogP contribution in [0.2, 0.25) is 5.02 Å². The van der Waals surface area contributed by atoms with Crippen molar-refractivity contribution in [1.29, 1.82) is 0 Å². The van der Waals surface area contributed by atoms with Gasteiger partial charge in [-0.05, 0) is 23.8 Å². The monoisotopic (exact) mass is 328 g/mol. The van der Waals surface area contributed by atoms with Crippen LogP contribution in [0, 0.1) is 5.82 Å². The molecule has 2 aromatic carbocycles. The second-order valence-electron chi connectivity index (χ2n) is 4.44. The number of halogens is 2. The Labute approximate surface area is 127 Å². The van der Waals surface area contributed by atoms with E-state index >= 15 is 0 Å². The number of hydrogen-bond acceptors (Lipinski definition) is 3. The fraction of sp³-hybridized carbons (Fsp3) is 0.143. The van der Waals surface area contributed by atoms with E-state index in [1.165, 1.54) is 6.07 Å². The minimum atomic E-state index is -3.97. The molecule has 3 N–H and O–H groups in total. The molecule has 2 rings (SSSR count). The van der Waals surface area contributed by atoms with Gasteiger partial charge in [-0.2, -0.15) is 0 Å². The minimum Gasteiger partial charge on any atom is -0.323 e. The van der Waals surface area contributed by atoms with E-state index in [-0.39, 0.29) is 11.6 Å². The topological polar surface area (TPSA) is 72.2 Å². The number of nitrogens with one attached hydrogen (secondary N) is 1. The van der Waals surface area contributed by atoms with Crippen molar-refractivity contribution < 1.29 is 12.8 Å². The molecule has 0 aliphatic carbocycles. The third kappa shape index (κ3) is 4.01. The Morgan fingerprint density at radius 1 is 1.19 bits per heavy atom. The summed E-state index contributed by atoms with van der Waals surface area (Å²) in [5.41, 5.74) is 6.69. The van der Waals surface area contributed by atoms with Gasteiger partial charge < -0.3 is 5.73 Å². The highest BCUT2D eigenvalue weighted by atomic mass is 35.5. The van der Waals surface area contributed by atoms with Crippen LogP contribution in [0.1, 0.15) is 11.6 Å². The summed E-state index contributed by atoms with van der Waals surface area (Å²) >= 11 is 5.60. The summed E-state index contributed by atoms with van der Waals surface area (Å²) in [7, 11) is -3.97. The molecule has 0 spiro atoms. The molecule has 0 fully saturated rings. The molecular formula is C14H14ClFN2O2S. The van der Waals surface area contributed by atoms with Crippen molar-refractivity contribution in [3.8, 4) is 0 Å². The van der Waals surface area contributed by atoms with E-state index in [0.29, 0.717) is 0 Å². The number of hydrogen-bond donors (Lipinski definition) is 2. The quantitative estimate of drug-likeness (QED) is 0.885. The highest BCUT2D eigenvalue weighted by Gasteiger charge is 2.20. The summed E-state index contributed by atoms with van der Waals surface area (Å²) in [4.78, 5) is -0.452. The first-order chi connectivity index (χ1) is 9.90. The van der Waals surface area contributed by atoms with Gasteiger partial charge in [0.2, 0.25) is 10.0 Å². The van der Waals surface area contributed by atoms with Crippen molar-refractivity contribution in [3.63, 3.8) is 0 Å². The Morgan fingerprint density at radius 3 is 2.48 bits per heavy atom. The molecule has 0 heterocycles. The van der Waals surface area contributed by atoms with E-state index in [4.69, 9.17) is 17.3 Å². The number of sulfonamides is 1. The predicted octanol–water partition coefficient (Wildman–Crippen LogP) is 2.46. The van der Waals surface area contributed by atoms with Crippen LogP contribution in [0.25, 0.3) is 0 Å². The van der Waals surface area contributed by atoms with Crippen molar-refractivity contribution in [2.45, 2.75) is 10.9 Å². The van der Waals surface area contributed by atoms with E-state index in [2.05, 4.69) is 4.72 Å². The lowest BCUT2D eigenvalue weighted by Crippen LogP contribution is -2.32. The van der Waals surface area contributed by atoms with Crippen LogP contribution >= 0.6 is 11.6 Å². The van der Waals surface area contributed by atoms with Crippen molar-refractivity contribution in [2.24, 2.45) is 5.73 Å². The van der Waals surface area contributed by atoms with Crippen molar-refractivity contribution >= 4 is 21.6 Å². The van der Waals surface area contributed by atoms with E-state index in [9.17, 15) is 12.8 Å². The van der Waals surface area contributed by atoms with Crippen LogP contribution in [-0.4, -0.2) is 15.0 Å². The van der Waals surface area contributed by atoms with Gasteiger partial charge in [0.1, 0.15) is 10.7 Å². The lowest BCUT2D eigenvalue weighted by molar-refractivity contribution is 0.551. The molecule has 112 valence electrons. The maximum atomic E-state index is 13.7. The first-order valence-electron chi connectivity index (χ1n) is 6.15. The highest BCUT2D eigenvalue weighted by molar-refractivity contribution is 7.89. The van der Waals surface area contributed by atoms with E-state index in [1.807, 2.05) is 18.2 Å². The summed E-state index contributed by atoms with van der Waals surface area (Å²) in [6, 6.07) is 11.9. The predicted molar refractivity (Wildman–Crippen MR) is 80.0 cm³/mol. The molecule has 0 aliphatic rings. The molecule has 2 aromatic rings. The van der Waals surface area contributed by atoms with Gasteiger partial charge in [0.15, 0.2) is 0 Å². The van der Waals surface area contributed by atoms with Crippen molar-refractivity contribution in [3.05, 3.63) is 64.9 Å². The zero-order valence-corrected chi connectivity index (χ0v) is 12.5. The molecule has 0 saturated carbocycles. The maximum absolute atomic E-state index is 13.7. The number of rotatable bonds is 5. The summed E-state index contributed by atoms with van der Waals surface area (Å²) in [5.74, 6) is -0.900. The van der Waals surface area contributed by atoms with Crippen LogP contribution in [0.4, 0.5) is 4.39 Å². The maximum Gasteiger partial charge on any atom is 0.243 e. The second-order valence-corrected chi connectivity index (χ2v) is 6.62. The average Bonchev–Trinajstić information content (AvgIpc) is 2.45. The molecule has 0 bridgehead atoms.